The predicted molar refractivity (Wildman–Crippen MR) is 61.7 cm³/mol. The Bertz CT molecular complexity index is 385. The Balaban J connectivity index is 2.43. The first kappa shape index (κ1) is 9.62. The Morgan fingerprint density at radius 1 is 1.43 bits per heavy atom. The van der Waals surface area contributed by atoms with Gasteiger partial charge in [-0.2, -0.15) is 0 Å². The van der Waals surface area contributed by atoms with Gasteiger partial charge < -0.3 is 5.73 Å². The smallest absolute Gasteiger partial charge is 0.0982 e. The summed E-state index contributed by atoms with van der Waals surface area (Å²) in [4.78, 5) is 4.59. The first-order chi connectivity index (χ1) is 6.85. The molecular formula is C11H14N2S. The SMILES string of the molecule is CC[C@H](CN)c1nc2ccccc2s1. The number of rotatable bonds is 3. The molecule has 1 aromatic carbocycles. The van der Waals surface area contributed by atoms with Gasteiger partial charge >= 0.3 is 0 Å². The first-order valence-electron chi connectivity index (χ1n) is 4.90. The van der Waals surface area contributed by atoms with E-state index < -0.39 is 0 Å². The van der Waals surface area contributed by atoms with Crippen molar-refractivity contribution in [1.29, 1.82) is 0 Å². The molecule has 1 heterocycles. The zero-order valence-electron chi connectivity index (χ0n) is 8.23. The van der Waals surface area contributed by atoms with E-state index in [1.165, 1.54) is 9.71 Å². The van der Waals surface area contributed by atoms with Gasteiger partial charge in [0.05, 0.1) is 15.2 Å². The van der Waals surface area contributed by atoms with Crippen LogP contribution < -0.4 is 5.73 Å². The van der Waals surface area contributed by atoms with Gasteiger partial charge in [0.2, 0.25) is 0 Å². The number of nitrogens with two attached hydrogens (primary N) is 1. The minimum Gasteiger partial charge on any atom is -0.330 e. The highest BCUT2D eigenvalue weighted by atomic mass is 32.1. The summed E-state index contributed by atoms with van der Waals surface area (Å²) in [6, 6.07) is 8.24. The topological polar surface area (TPSA) is 38.9 Å². The number of nitrogens with zero attached hydrogens (tertiary/aromatic N) is 1. The fourth-order valence-electron chi connectivity index (χ4n) is 1.51. The summed E-state index contributed by atoms with van der Waals surface area (Å²) in [5.41, 5.74) is 6.80. The van der Waals surface area contributed by atoms with Crippen LogP contribution in [0.4, 0.5) is 0 Å². The molecule has 2 aromatic rings. The van der Waals surface area contributed by atoms with Gasteiger partial charge in [0, 0.05) is 12.5 Å². The molecule has 0 aliphatic rings. The van der Waals surface area contributed by atoms with Gasteiger partial charge in [-0.3, -0.25) is 0 Å². The number of hydrogen-bond acceptors (Lipinski definition) is 3. The lowest BCUT2D eigenvalue weighted by molar-refractivity contribution is 0.671. The van der Waals surface area contributed by atoms with E-state index in [-0.39, 0.29) is 0 Å². The molecule has 0 fully saturated rings. The minimum absolute atomic E-state index is 0.424. The maximum Gasteiger partial charge on any atom is 0.0982 e. The van der Waals surface area contributed by atoms with Gasteiger partial charge in [-0.25, -0.2) is 4.98 Å². The zero-order valence-corrected chi connectivity index (χ0v) is 9.05. The quantitative estimate of drug-likeness (QED) is 0.838. The van der Waals surface area contributed by atoms with Gasteiger partial charge in [-0.15, -0.1) is 11.3 Å². The molecule has 0 spiro atoms. The summed E-state index contributed by atoms with van der Waals surface area (Å²) in [6.07, 6.45) is 1.07. The molecule has 1 aromatic heterocycles. The third kappa shape index (κ3) is 1.65. The molecule has 3 heteroatoms. The normalized spacial score (nSPS) is 13.3. The lowest BCUT2D eigenvalue weighted by Gasteiger charge is -2.06. The highest BCUT2D eigenvalue weighted by Crippen LogP contribution is 2.28. The van der Waals surface area contributed by atoms with Gasteiger partial charge in [0.1, 0.15) is 0 Å². The summed E-state index contributed by atoms with van der Waals surface area (Å²) >= 11 is 1.76. The zero-order chi connectivity index (χ0) is 9.97. The number of hydrogen-bond donors (Lipinski definition) is 1. The van der Waals surface area contributed by atoms with Gasteiger partial charge in [-0.05, 0) is 18.6 Å². The van der Waals surface area contributed by atoms with Crippen molar-refractivity contribution in [1.82, 2.24) is 4.98 Å². The third-order valence-electron chi connectivity index (χ3n) is 2.44. The van der Waals surface area contributed by atoms with Crippen molar-refractivity contribution < 1.29 is 0 Å². The summed E-state index contributed by atoms with van der Waals surface area (Å²) in [6.45, 7) is 2.85. The van der Waals surface area contributed by atoms with E-state index in [0.29, 0.717) is 12.5 Å². The third-order valence-corrected chi connectivity index (χ3v) is 3.64. The molecule has 2 rings (SSSR count). The predicted octanol–water partition coefficient (Wildman–Crippen LogP) is 2.75. The van der Waals surface area contributed by atoms with Gasteiger partial charge in [0.15, 0.2) is 0 Å². The van der Waals surface area contributed by atoms with E-state index in [2.05, 4.69) is 24.0 Å². The fourth-order valence-corrected chi connectivity index (χ4v) is 2.67. The average molecular weight is 206 g/mol. The van der Waals surface area contributed by atoms with E-state index in [0.717, 1.165) is 11.9 Å². The van der Waals surface area contributed by atoms with Crippen molar-refractivity contribution in [3.8, 4) is 0 Å². The van der Waals surface area contributed by atoms with E-state index in [1.807, 2.05) is 12.1 Å². The molecule has 0 saturated carbocycles. The van der Waals surface area contributed by atoms with Crippen molar-refractivity contribution in [2.45, 2.75) is 19.3 Å². The van der Waals surface area contributed by atoms with Crippen molar-refractivity contribution in [2.24, 2.45) is 5.73 Å². The highest BCUT2D eigenvalue weighted by Gasteiger charge is 2.12. The Kier molecular flexibility index (Phi) is 2.79. The molecule has 74 valence electrons. The van der Waals surface area contributed by atoms with Crippen LogP contribution in [-0.2, 0) is 0 Å². The van der Waals surface area contributed by atoms with Crippen LogP contribution in [0.2, 0.25) is 0 Å². The molecule has 0 bridgehead atoms. The largest absolute Gasteiger partial charge is 0.330 e. The van der Waals surface area contributed by atoms with E-state index in [4.69, 9.17) is 5.73 Å². The maximum atomic E-state index is 5.70. The summed E-state index contributed by atoms with van der Waals surface area (Å²) < 4.78 is 1.26. The van der Waals surface area contributed by atoms with Crippen molar-refractivity contribution >= 4 is 21.6 Å². The first-order valence-corrected chi connectivity index (χ1v) is 5.72. The Morgan fingerprint density at radius 3 is 2.86 bits per heavy atom. The molecule has 0 aliphatic heterocycles. The van der Waals surface area contributed by atoms with E-state index in [1.54, 1.807) is 11.3 Å². The van der Waals surface area contributed by atoms with Gasteiger partial charge in [-0.1, -0.05) is 19.1 Å². The molecule has 0 amide bonds. The molecule has 0 unspecified atom stereocenters. The monoisotopic (exact) mass is 206 g/mol. The second-order valence-corrected chi connectivity index (χ2v) is 4.42. The Morgan fingerprint density at radius 2 is 2.21 bits per heavy atom. The fraction of sp³-hybridized carbons (Fsp3) is 0.364. The lowest BCUT2D eigenvalue weighted by Crippen LogP contribution is -2.10. The standard InChI is InChI=1S/C11H14N2S/c1-2-8(7-12)11-13-9-5-3-4-6-10(9)14-11/h3-6,8H,2,7,12H2,1H3/t8-/m1/s1. The van der Waals surface area contributed by atoms with Crippen LogP contribution in [0.25, 0.3) is 10.2 Å². The van der Waals surface area contributed by atoms with Crippen LogP contribution in [-0.4, -0.2) is 11.5 Å². The molecule has 0 saturated heterocycles. The van der Waals surface area contributed by atoms with Gasteiger partial charge in [0.25, 0.3) is 0 Å². The lowest BCUT2D eigenvalue weighted by atomic mass is 10.1. The van der Waals surface area contributed by atoms with Crippen LogP contribution in [0.3, 0.4) is 0 Å². The molecule has 2 nitrogen and oxygen atoms in total. The Hall–Kier alpha value is -0.930. The Labute approximate surface area is 87.8 Å². The number of aromatic nitrogens is 1. The number of para-hydroxylation sites is 1. The maximum absolute atomic E-state index is 5.70. The summed E-state index contributed by atoms with van der Waals surface area (Å²) in [5, 5.41) is 1.18. The molecule has 0 radical (unpaired) electrons. The van der Waals surface area contributed by atoms with Crippen molar-refractivity contribution in [3.63, 3.8) is 0 Å². The second kappa shape index (κ2) is 4.07. The number of fused-ring (bicyclic) bond motifs is 1. The van der Waals surface area contributed by atoms with Crippen LogP contribution in [0.5, 0.6) is 0 Å². The average Bonchev–Trinajstić information content (AvgIpc) is 2.63. The number of benzene rings is 1. The van der Waals surface area contributed by atoms with E-state index >= 15 is 0 Å². The molecule has 14 heavy (non-hydrogen) atoms. The van der Waals surface area contributed by atoms with Crippen LogP contribution in [0.15, 0.2) is 24.3 Å². The summed E-state index contributed by atoms with van der Waals surface area (Å²) in [5.74, 6) is 0.424. The highest BCUT2D eigenvalue weighted by molar-refractivity contribution is 7.18. The van der Waals surface area contributed by atoms with Crippen LogP contribution in [0.1, 0.15) is 24.3 Å². The van der Waals surface area contributed by atoms with E-state index in [9.17, 15) is 0 Å². The summed E-state index contributed by atoms with van der Waals surface area (Å²) in [7, 11) is 0. The molecular weight excluding hydrogens is 192 g/mol. The minimum atomic E-state index is 0.424. The molecule has 2 N–H and O–H groups in total. The second-order valence-electron chi connectivity index (χ2n) is 3.36. The van der Waals surface area contributed by atoms with Crippen molar-refractivity contribution in [2.75, 3.05) is 6.54 Å². The van der Waals surface area contributed by atoms with Crippen LogP contribution in [0, 0.1) is 0 Å². The molecule has 0 aliphatic carbocycles. The van der Waals surface area contributed by atoms with Crippen molar-refractivity contribution in [3.05, 3.63) is 29.3 Å². The van der Waals surface area contributed by atoms with Crippen LogP contribution >= 0.6 is 11.3 Å². The number of thiazole rings is 1. The molecule has 1 atom stereocenters.